The fourth-order valence-electron chi connectivity index (χ4n) is 3.11. The molecule has 2 rings (SSSR count). The Morgan fingerprint density at radius 1 is 1.24 bits per heavy atom. The van der Waals surface area contributed by atoms with Crippen LogP contribution in [0.4, 0.5) is 0 Å². The first-order valence-electron chi connectivity index (χ1n) is 8.28. The Labute approximate surface area is 128 Å². The summed E-state index contributed by atoms with van der Waals surface area (Å²) in [6.07, 6.45) is 6.04. The second-order valence-corrected chi connectivity index (χ2v) is 6.30. The topological polar surface area (TPSA) is 32.7 Å². The van der Waals surface area contributed by atoms with E-state index < -0.39 is 6.10 Å². The average Bonchev–Trinajstić information content (AvgIpc) is 2.98. The molecule has 3 heteroatoms. The van der Waals surface area contributed by atoms with Crippen LogP contribution in [0.25, 0.3) is 0 Å². The predicted octanol–water partition coefficient (Wildman–Crippen LogP) is 3.63. The maximum atomic E-state index is 10.3. The smallest absolute Gasteiger partial charge is 0.119 e. The van der Waals surface area contributed by atoms with Gasteiger partial charge in [0.2, 0.25) is 0 Å². The van der Waals surface area contributed by atoms with Gasteiger partial charge < -0.3 is 14.7 Å². The first kappa shape index (κ1) is 16.3. The molecular formula is C18H29NO2. The zero-order chi connectivity index (χ0) is 15.1. The zero-order valence-electron chi connectivity index (χ0n) is 13.4. The Morgan fingerprint density at radius 3 is 2.52 bits per heavy atom. The molecule has 1 unspecified atom stereocenters. The van der Waals surface area contributed by atoms with Crippen molar-refractivity contribution in [1.82, 2.24) is 4.90 Å². The largest absolute Gasteiger partial charge is 0.494 e. The Hall–Kier alpha value is -1.06. The van der Waals surface area contributed by atoms with E-state index in [-0.39, 0.29) is 0 Å². The molecule has 1 aromatic rings. The molecule has 1 aliphatic rings. The fourth-order valence-corrected chi connectivity index (χ4v) is 3.11. The minimum absolute atomic E-state index is 0.420. The molecule has 0 heterocycles. The quantitative estimate of drug-likeness (QED) is 0.794. The lowest BCUT2D eigenvalue weighted by Gasteiger charge is -2.23. The van der Waals surface area contributed by atoms with E-state index in [4.69, 9.17) is 4.74 Å². The summed E-state index contributed by atoms with van der Waals surface area (Å²) in [6.45, 7) is 4.64. The summed E-state index contributed by atoms with van der Waals surface area (Å²) in [7, 11) is 2.11. The van der Waals surface area contributed by atoms with Crippen LogP contribution < -0.4 is 4.74 Å². The van der Waals surface area contributed by atoms with E-state index in [1.54, 1.807) is 0 Å². The number of likely N-dealkylation sites (N-methyl/N-ethyl adjacent to an activating group) is 1. The third-order valence-electron chi connectivity index (χ3n) is 4.27. The van der Waals surface area contributed by atoms with E-state index in [1.807, 2.05) is 24.3 Å². The summed E-state index contributed by atoms with van der Waals surface area (Å²) in [6, 6.07) is 7.84. The van der Waals surface area contributed by atoms with Crippen molar-refractivity contribution in [1.29, 1.82) is 0 Å². The number of hydrogen-bond acceptors (Lipinski definition) is 3. The molecule has 1 saturated carbocycles. The van der Waals surface area contributed by atoms with Crippen molar-refractivity contribution in [2.75, 3.05) is 26.7 Å². The second kappa shape index (κ2) is 8.40. The van der Waals surface area contributed by atoms with Gasteiger partial charge in [-0.25, -0.2) is 0 Å². The van der Waals surface area contributed by atoms with Crippen molar-refractivity contribution in [3.05, 3.63) is 29.8 Å². The van der Waals surface area contributed by atoms with Crippen molar-refractivity contribution in [3.63, 3.8) is 0 Å². The first-order valence-corrected chi connectivity index (χ1v) is 8.28. The van der Waals surface area contributed by atoms with Gasteiger partial charge in [0.1, 0.15) is 5.75 Å². The van der Waals surface area contributed by atoms with Crippen LogP contribution in [0.2, 0.25) is 0 Å². The van der Waals surface area contributed by atoms with Crippen LogP contribution in [0.5, 0.6) is 5.75 Å². The molecule has 118 valence electrons. The van der Waals surface area contributed by atoms with Crippen molar-refractivity contribution in [3.8, 4) is 5.75 Å². The minimum atomic E-state index is -0.420. The molecule has 0 amide bonds. The number of benzene rings is 1. The predicted molar refractivity (Wildman–Crippen MR) is 86.6 cm³/mol. The highest BCUT2D eigenvalue weighted by Crippen LogP contribution is 2.26. The number of rotatable bonds is 8. The van der Waals surface area contributed by atoms with Gasteiger partial charge in [0, 0.05) is 13.1 Å². The Bertz CT molecular complexity index is 398. The van der Waals surface area contributed by atoms with Gasteiger partial charge in [-0.3, -0.25) is 0 Å². The molecule has 1 aliphatic carbocycles. The Morgan fingerprint density at radius 2 is 1.90 bits per heavy atom. The van der Waals surface area contributed by atoms with Crippen LogP contribution in [-0.2, 0) is 0 Å². The summed E-state index contributed by atoms with van der Waals surface area (Å²) in [5.74, 6) is 1.71. The van der Waals surface area contributed by atoms with Gasteiger partial charge in [-0.2, -0.15) is 0 Å². The first-order chi connectivity index (χ1) is 10.2. The molecule has 1 aromatic carbocycles. The van der Waals surface area contributed by atoms with Crippen LogP contribution >= 0.6 is 0 Å². The SMILES string of the molecule is CCCOc1ccc(C(O)CN(C)CC2CCCC2)cc1. The van der Waals surface area contributed by atoms with Crippen molar-refractivity contribution < 1.29 is 9.84 Å². The van der Waals surface area contributed by atoms with Gasteiger partial charge in [0.25, 0.3) is 0 Å². The molecule has 0 radical (unpaired) electrons. The number of ether oxygens (including phenoxy) is 1. The molecule has 0 saturated heterocycles. The normalized spacial score (nSPS) is 17.3. The molecule has 3 nitrogen and oxygen atoms in total. The molecular weight excluding hydrogens is 262 g/mol. The van der Waals surface area contributed by atoms with Gasteiger partial charge in [-0.05, 0) is 49.9 Å². The molecule has 1 atom stereocenters. The third-order valence-corrected chi connectivity index (χ3v) is 4.27. The van der Waals surface area contributed by atoms with E-state index in [1.165, 1.54) is 25.7 Å². The highest BCUT2D eigenvalue weighted by Gasteiger charge is 2.18. The van der Waals surface area contributed by atoms with Crippen LogP contribution in [0.15, 0.2) is 24.3 Å². The van der Waals surface area contributed by atoms with Gasteiger partial charge in [0.15, 0.2) is 0 Å². The number of aliphatic hydroxyl groups excluding tert-OH is 1. The van der Waals surface area contributed by atoms with Crippen LogP contribution in [-0.4, -0.2) is 36.8 Å². The lowest BCUT2D eigenvalue weighted by molar-refractivity contribution is 0.118. The van der Waals surface area contributed by atoms with Gasteiger partial charge in [0.05, 0.1) is 12.7 Å². The highest BCUT2D eigenvalue weighted by molar-refractivity contribution is 5.28. The standard InChI is InChI=1S/C18H29NO2/c1-3-12-21-17-10-8-16(9-11-17)18(20)14-19(2)13-15-6-4-5-7-15/h8-11,15,18,20H,3-7,12-14H2,1-2H3. The Balaban J connectivity index is 1.79. The molecule has 0 aromatic heterocycles. The minimum Gasteiger partial charge on any atom is -0.494 e. The number of aliphatic hydroxyl groups is 1. The highest BCUT2D eigenvalue weighted by atomic mass is 16.5. The van der Waals surface area contributed by atoms with Crippen LogP contribution in [0.3, 0.4) is 0 Å². The van der Waals surface area contributed by atoms with Gasteiger partial charge in [-0.15, -0.1) is 0 Å². The number of hydrogen-bond donors (Lipinski definition) is 1. The van der Waals surface area contributed by atoms with Crippen molar-refractivity contribution >= 4 is 0 Å². The van der Waals surface area contributed by atoms with Gasteiger partial charge >= 0.3 is 0 Å². The maximum Gasteiger partial charge on any atom is 0.119 e. The van der Waals surface area contributed by atoms with E-state index >= 15 is 0 Å². The summed E-state index contributed by atoms with van der Waals surface area (Å²) >= 11 is 0. The van der Waals surface area contributed by atoms with Crippen LogP contribution in [0.1, 0.15) is 50.7 Å². The van der Waals surface area contributed by atoms with E-state index in [0.717, 1.165) is 36.8 Å². The lowest BCUT2D eigenvalue weighted by Crippen LogP contribution is -2.29. The summed E-state index contributed by atoms with van der Waals surface area (Å²) in [5.41, 5.74) is 0.970. The van der Waals surface area contributed by atoms with Crippen molar-refractivity contribution in [2.24, 2.45) is 5.92 Å². The molecule has 1 fully saturated rings. The molecule has 1 N–H and O–H groups in total. The number of nitrogens with zero attached hydrogens (tertiary/aromatic N) is 1. The van der Waals surface area contributed by atoms with E-state index in [9.17, 15) is 5.11 Å². The molecule has 21 heavy (non-hydrogen) atoms. The van der Waals surface area contributed by atoms with Crippen molar-refractivity contribution in [2.45, 2.75) is 45.1 Å². The van der Waals surface area contributed by atoms with Crippen LogP contribution in [0, 0.1) is 5.92 Å². The fraction of sp³-hybridized carbons (Fsp3) is 0.667. The Kier molecular flexibility index (Phi) is 6.52. The molecule has 0 aliphatic heterocycles. The summed E-state index contributed by atoms with van der Waals surface area (Å²) < 4.78 is 5.57. The summed E-state index contributed by atoms with van der Waals surface area (Å²) in [4.78, 5) is 2.27. The second-order valence-electron chi connectivity index (χ2n) is 6.30. The summed E-state index contributed by atoms with van der Waals surface area (Å²) in [5, 5.41) is 10.3. The lowest BCUT2D eigenvalue weighted by atomic mass is 10.1. The third kappa shape index (κ3) is 5.33. The van der Waals surface area contributed by atoms with Gasteiger partial charge in [-0.1, -0.05) is 31.9 Å². The maximum absolute atomic E-state index is 10.3. The average molecular weight is 291 g/mol. The monoisotopic (exact) mass is 291 g/mol. The zero-order valence-corrected chi connectivity index (χ0v) is 13.4. The molecule has 0 bridgehead atoms. The van der Waals surface area contributed by atoms with E-state index in [0.29, 0.717) is 6.54 Å². The molecule has 0 spiro atoms. The van der Waals surface area contributed by atoms with E-state index in [2.05, 4.69) is 18.9 Å².